The van der Waals surface area contributed by atoms with Crippen molar-refractivity contribution in [2.45, 2.75) is 0 Å². The number of anilines is 1. The molecule has 0 saturated carbocycles. The molecule has 0 aliphatic rings. The zero-order valence-electron chi connectivity index (χ0n) is 6.40. The number of aromatic nitrogens is 5. The summed E-state index contributed by atoms with van der Waals surface area (Å²) in [5.41, 5.74) is 6.11. The maximum Gasteiger partial charge on any atom is 0.227 e. The van der Waals surface area contributed by atoms with E-state index in [1.165, 1.54) is 0 Å². The summed E-state index contributed by atoms with van der Waals surface area (Å²) < 4.78 is 0. The largest absolute Gasteiger partial charge is 0.368 e. The lowest BCUT2D eigenvalue weighted by atomic mass is 10.3. The number of halogens is 1. The van der Waals surface area contributed by atoms with E-state index >= 15 is 0 Å². The minimum atomic E-state index is 0.0729. The SMILES string of the molecule is Nc1nc(Cl)nc(-c2cn[nH]c2)n1. The third kappa shape index (κ3) is 1.57. The van der Waals surface area contributed by atoms with E-state index in [4.69, 9.17) is 17.3 Å². The van der Waals surface area contributed by atoms with Gasteiger partial charge in [-0.2, -0.15) is 20.1 Å². The zero-order chi connectivity index (χ0) is 9.26. The van der Waals surface area contributed by atoms with Crippen LogP contribution in [0, 0.1) is 0 Å². The van der Waals surface area contributed by atoms with Gasteiger partial charge >= 0.3 is 0 Å². The van der Waals surface area contributed by atoms with Gasteiger partial charge in [0.25, 0.3) is 0 Å². The van der Waals surface area contributed by atoms with Gasteiger partial charge in [-0.3, -0.25) is 5.10 Å². The molecule has 0 aromatic carbocycles. The number of nitrogen functional groups attached to an aromatic ring is 1. The number of aromatic amines is 1. The van der Waals surface area contributed by atoms with Crippen LogP contribution in [0.4, 0.5) is 5.95 Å². The van der Waals surface area contributed by atoms with E-state index in [9.17, 15) is 0 Å². The minimum absolute atomic E-state index is 0.0729. The van der Waals surface area contributed by atoms with Gasteiger partial charge in [-0.1, -0.05) is 0 Å². The van der Waals surface area contributed by atoms with Crippen molar-refractivity contribution in [2.24, 2.45) is 0 Å². The van der Waals surface area contributed by atoms with Gasteiger partial charge in [0.15, 0.2) is 5.82 Å². The monoisotopic (exact) mass is 196 g/mol. The molecule has 3 N–H and O–H groups in total. The lowest BCUT2D eigenvalue weighted by molar-refractivity contribution is 1.07. The molecule has 2 rings (SSSR count). The number of nitrogens with zero attached hydrogens (tertiary/aromatic N) is 4. The molecule has 7 heteroatoms. The van der Waals surface area contributed by atoms with Crippen LogP contribution in [0.5, 0.6) is 0 Å². The van der Waals surface area contributed by atoms with Crippen molar-refractivity contribution in [3.63, 3.8) is 0 Å². The first-order chi connectivity index (χ1) is 6.25. The van der Waals surface area contributed by atoms with Crippen molar-refractivity contribution in [3.8, 4) is 11.4 Å². The van der Waals surface area contributed by atoms with Crippen LogP contribution < -0.4 is 5.73 Å². The van der Waals surface area contributed by atoms with Gasteiger partial charge in [0.1, 0.15) is 0 Å². The summed E-state index contributed by atoms with van der Waals surface area (Å²) in [6.07, 6.45) is 3.22. The molecule has 0 unspecified atom stereocenters. The summed E-state index contributed by atoms with van der Waals surface area (Å²) >= 11 is 5.59. The van der Waals surface area contributed by atoms with Gasteiger partial charge in [-0.05, 0) is 11.6 Å². The van der Waals surface area contributed by atoms with E-state index in [0.717, 1.165) is 5.56 Å². The van der Waals surface area contributed by atoms with E-state index in [-0.39, 0.29) is 11.2 Å². The Labute approximate surface area is 78.2 Å². The van der Waals surface area contributed by atoms with Crippen LogP contribution in [0.2, 0.25) is 5.28 Å². The first kappa shape index (κ1) is 7.93. The Hall–Kier alpha value is -1.69. The highest BCUT2D eigenvalue weighted by Crippen LogP contribution is 2.14. The molecule has 0 spiro atoms. The third-order valence-corrected chi connectivity index (χ3v) is 1.55. The fourth-order valence-corrected chi connectivity index (χ4v) is 1.03. The molecule has 0 saturated heterocycles. The van der Waals surface area contributed by atoms with E-state index < -0.39 is 0 Å². The summed E-state index contributed by atoms with van der Waals surface area (Å²) in [7, 11) is 0. The standard InChI is InChI=1S/C6H5ClN6/c7-5-11-4(12-6(8)13-5)3-1-9-10-2-3/h1-2H,(H,9,10)(H2,8,11,12,13). The van der Waals surface area contributed by atoms with Crippen LogP contribution in [-0.4, -0.2) is 25.1 Å². The molecule has 2 heterocycles. The van der Waals surface area contributed by atoms with E-state index in [1.807, 2.05) is 0 Å². The van der Waals surface area contributed by atoms with E-state index in [2.05, 4.69) is 25.1 Å². The predicted octanol–water partition coefficient (Wildman–Crippen LogP) is 0.497. The van der Waals surface area contributed by atoms with Crippen LogP contribution in [0.15, 0.2) is 12.4 Å². The molecular weight excluding hydrogens is 192 g/mol. The highest BCUT2D eigenvalue weighted by Gasteiger charge is 2.05. The lowest BCUT2D eigenvalue weighted by Crippen LogP contribution is -1.99. The van der Waals surface area contributed by atoms with Crippen LogP contribution in [-0.2, 0) is 0 Å². The zero-order valence-corrected chi connectivity index (χ0v) is 7.15. The molecule has 6 nitrogen and oxygen atoms in total. The Morgan fingerprint density at radius 3 is 2.77 bits per heavy atom. The molecule has 0 fully saturated rings. The smallest absolute Gasteiger partial charge is 0.227 e. The number of hydrogen-bond acceptors (Lipinski definition) is 5. The topological polar surface area (TPSA) is 93.4 Å². The highest BCUT2D eigenvalue weighted by molar-refractivity contribution is 6.28. The highest BCUT2D eigenvalue weighted by atomic mass is 35.5. The van der Waals surface area contributed by atoms with Crippen molar-refractivity contribution in [2.75, 3.05) is 5.73 Å². The average Bonchev–Trinajstić information content (AvgIpc) is 2.53. The molecule has 0 bridgehead atoms. The Kier molecular flexibility index (Phi) is 1.82. The summed E-state index contributed by atoms with van der Waals surface area (Å²) in [6, 6.07) is 0. The van der Waals surface area contributed by atoms with E-state index in [1.54, 1.807) is 12.4 Å². The summed E-state index contributed by atoms with van der Waals surface area (Å²) in [5.74, 6) is 0.502. The number of H-pyrrole nitrogens is 1. The fourth-order valence-electron chi connectivity index (χ4n) is 0.868. The molecule has 2 aromatic heterocycles. The minimum Gasteiger partial charge on any atom is -0.368 e. The molecule has 13 heavy (non-hydrogen) atoms. The molecule has 0 aliphatic heterocycles. The van der Waals surface area contributed by atoms with Crippen LogP contribution in [0.3, 0.4) is 0 Å². The Bertz CT molecular complexity index is 391. The van der Waals surface area contributed by atoms with Crippen molar-refractivity contribution in [3.05, 3.63) is 17.7 Å². The quantitative estimate of drug-likeness (QED) is 0.693. The molecule has 2 aromatic rings. The van der Waals surface area contributed by atoms with Gasteiger partial charge < -0.3 is 5.73 Å². The van der Waals surface area contributed by atoms with Crippen molar-refractivity contribution in [1.82, 2.24) is 25.1 Å². The van der Waals surface area contributed by atoms with Gasteiger partial charge in [0, 0.05) is 6.20 Å². The van der Waals surface area contributed by atoms with Gasteiger partial charge in [-0.25, -0.2) is 0 Å². The summed E-state index contributed by atoms with van der Waals surface area (Å²) in [5, 5.41) is 6.45. The first-order valence-corrected chi connectivity index (χ1v) is 3.80. The Balaban J connectivity index is 2.53. The van der Waals surface area contributed by atoms with Crippen molar-refractivity contribution < 1.29 is 0 Å². The maximum atomic E-state index is 5.59. The fraction of sp³-hybridized carbons (Fsp3) is 0. The Morgan fingerprint density at radius 2 is 2.15 bits per heavy atom. The molecule has 66 valence electrons. The molecule has 0 aliphatic carbocycles. The summed E-state index contributed by atoms with van der Waals surface area (Å²) in [6.45, 7) is 0. The predicted molar refractivity (Wildman–Crippen MR) is 46.8 cm³/mol. The molecular formula is C6H5ClN6. The van der Waals surface area contributed by atoms with Crippen molar-refractivity contribution >= 4 is 17.5 Å². The van der Waals surface area contributed by atoms with E-state index in [0.29, 0.717) is 5.82 Å². The summed E-state index contributed by atoms with van der Waals surface area (Å²) in [4.78, 5) is 11.4. The molecule has 0 amide bonds. The third-order valence-electron chi connectivity index (χ3n) is 1.38. The van der Waals surface area contributed by atoms with Gasteiger partial charge in [-0.15, -0.1) is 0 Å². The van der Waals surface area contributed by atoms with Crippen molar-refractivity contribution in [1.29, 1.82) is 0 Å². The number of nitrogens with one attached hydrogen (secondary N) is 1. The van der Waals surface area contributed by atoms with Gasteiger partial charge in [0.05, 0.1) is 11.8 Å². The van der Waals surface area contributed by atoms with Crippen LogP contribution in [0.25, 0.3) is 11.4 Å². The first-order valence-electron chi connectivity index (χ1n) is 3.42. The lowest BCUT2D eigenvalue weighted by Gasteiger charge is -1.96. The average molecular weight is 197 g/mol. The number of nitrogens with two attached hydrogens (primary N) is 1. The van der Waals surface area contributed by atoms with Crippen LogP contribution in [0.1, 0.15) is 0 Å². The Morgan fingerprint density at radius 1 is 1.31 bits per heavy atom. The van der Waals surface area contributed by atoms with Crippen LogP contribution >= 0.6 is 11.6 Å². The second kappa shape index (κ2) is 2.98. The number of hydrogen-bond donors (Lipinski definition) is 2. The molecule has 0 atom stereocenters. The second-order valence-electron chi connectivity index (χ2n) is 2.27. The number of rotatable bonds is 1. The second-order valence-corrected chi connectivity index (χ2v) is 2.61. The maximum absolute atomic E-state index is 5.59. The van der Waals surface area contributed by atoms with Gasteiger partial charge in [0.2, 0.25) is 11.2 Å². The molecule has 0 radical (unpaired) electrons. The normalized spacial score (nSPS) is 10.2.